The van der Waals surface area contributed by atoms with Crippen molar-refractivity contribution in [2.75, 3.05) is 5.32 Å². The van der Waals surface area contributed by atoms with Crippen molar-refractivity contribution in [1.82, 2.24) is 15.5 Å². The van der Waals surface area contributed by atoms with E-state index in [9.17, 15) is 9.59 Å². The second kappa shape index (κ2) is 7.78. The summed E-state index contributed by atoms with van der Waals surface area (Å²) in [4.78, 5) is 24.2. The van der Waals surface area contributed by atoms with Gasteiger partial charge in [0.05, 0.1) is 18.5 Å². The van der Waals surface area contributed by atoms with E-state index in [0.29, 0.717) is 11.4 Å². The molecule has 0 aliphatic heterocycles. The fourth-order valence-electron chi connectivity index (χ4n) is 2.13. The zero-order chi connectivity index (χ0) is 17.5. The number of carbonyl (C=O) groups is 2. The third-order valence-corrected chi connectivity index (χ3v) is 3.34. The van der Waals surface area contributed by atoms with Crippen molar-refractivity contribution < 1.29 is 14.0 Å². The Morgan fingerprint density at radius 3 is 2.76 bits per heavy atom. The first-order valence-corrected chi connectivity index (χ1v) is 7.61. The molecule has 0 unspecified atom stereocenters. The standard InChI is InChI=1S/C18H16N4O3/c23-16(9-8-13-5-2-1-3-6-13)21-15-12-20-22-17(15)18(24)19-11-14-7-4-10-25-14/h1-10,12H,11H2,(H,19,24)(H,20,22)(H,21,23)/b9-8+. The number of amides is 2. The number of aromatic amines is 1. The summed E-state index contributed by atoms with van der Waals surface area (Å²) < 4.78 is 5.15. The van der Waals surface area contributed by atoms with Gasteiger partial charge in [0.25, 0.3) is 5.91 Å². The van der Waals surface area contributed by atoms with Gasteiger partial charge in [-0.2, -0.15) is 5.10 Å². The average molecular weight is 336 g/mol. The van der Waals surface area contributed by atoms with E-state index in [4.69, 9.17) is 4.42 Å². The van der Waals surface area contributed by atoms with Crippen molar-refractivity contribution in [2.45, 2.75) is 6.54 Å². The summed E-state index contributed by atoms with van der Waals surface area (Å²) in [5, 5.41) is 11.8. The maximum absolute atomic E-state index is 12.2. The summed E-state index contributed by atoms with van der Waals surface area (Å²) in [7, 11) is 0. The Bertz CT molecular complexity index is 867. The largest absolute Gasteiger partial charge is 0.467 e. The molecule has 0 radical (unpaired) electrons. The predicted octanol–water partition coefficient (Wildman–Crippen LogP) is 2.58. The minimum Gasteiger partial charge on any atom is -0.467 e. The number of anilines is 1. The van der Waals surface area contributed by atoms with Crippen molar-refractivity contribution >= 4 is 23.6 Å². The monoisotopic (exact) mass is 336 g/mol. The third-order valence-electron chi connectivity index (χ3n) is 3.34. The summed E-state index contributed by atoms with van der Waals surface area (Å²) in [6.07, 6.45) is 6.07. The van der Waals surface area contributed by atoms with Gasteiger partial charge in [-0.3, -0.25) is 14.7 Å². The number of nitrogens with zero attached hydrogens (tertiary/aromatic N) is 1. The highest BCUT2D eigenvalue weighted by atomic mass is 16.3. The molecule has 0 saturated heterocycles. The van der Waals surface area contributed by atoms with Crippen LogP contribution in [0.1, 0.15) is 21.8 Å². The van der Waals surface area contributed by atoms with E-state index < -0.39 is 5.91 Å². The van der Waals surface area contributed by atoms with Crippen molar-refractivity contribution in [1.29, 1.82) is 0 Å². The van der Waals surface area contributed by atoms with Gasteiger partial charge in [-0.15, -0.1) is 0 Å². The number of benzene rings is 1. The Hall–Kier alpha value is -3.61. The van der Waals surface area contributed by atoms with E-state index in [1.165, 1.54) is 18.5 Å². The highest BCUT2D eigenvalue weighted by molar-refractivity contribution is 6.06. The van der Waals surface area contributed by atoms with Crippen LogP contribution in [-0.4, -0.2) is 22.0 Å². The molecule has 7 nitrogen and oxygen atoms in total. The zero-order valence-electron chi connectivity index (χ0n) is 13.2. The first-order chi connectivity index (χ1) is 12.2. The number of furan rings is 1. The topological polar surface area (TPSA) is 100 Å². The zero-order valence-corrected chi connectivity index (χ0v) is 13.2. The fraction of sp³-hybridized carbons (Fsp3) is 0.0556. The number of hydrogen-bond acceptors (Lipinski definition) is 4. The fourth-order valence-corrected chi connectivity index (χ4v) is 2.13. The number of rotatable bonds is 6. The molecule has 0 bridgehead atoms. The van der Waals surface area contributed by atoms with Gasteiger partial charge in [-0.05, 0) is 23.8 Å². The van der Waals surface area contributed by atoms with Crippen molar-refractivity contribution in [3.63, 3.8) is 0 Å². The van der Waals surface area contributed by atoms with E-state index in [0.717, 1.165) is 5.56 Å². The quantitative estimate of drug-likeness (QED) is 0.602. The van der Waals surface area contributed by atoms with Gasteiger partial charge in [0.1, 0.15) is 5.76 Å². The molecule has 3 aromatic rings. The molecule has 25 heavy (non-hydrogen) atoms. The molecule has 0 aliphatic rings. The van der Waals surface area contributed by atoms with Gasteiger partial charge in [0, 0.05) is 12.3 Å². The molecule has 0 atom stereocenters. The lowest BCUT2D eigenvalue weighted by atomic mass is 10.2. The average Bonchev–Trinajstić information content (AvgIpc) is 3.30. The van der Waals surface area contributed by atoms with E-state index >= 15 is 0 Å². The van der Waals surface area contributed by atoms with Crippen LogP contribution >= 0.6 is 0 Å². The maximum Gasteiger partial charge on any atom is 0.274 e. The molecule has 3 N–H and O–H groups in total. The van der Waals surface area contributed by atoms with Gasteiger partial charge in [-0.1, -0.05) is 30.3 Å². The lowest BCUT2D eigenvalue weighted by Gasteiger charge is -2.04. The smallest absolute Gasteiger partial charge is 0.274 e. The highest BCUT2D eigenvalue weighted by Gasteiger charge is 2.16. The Morgan fingerprint density at radius 2 is 2.00 bits per heavy atom. The minimum atomic E-state index is -0.417. The van der Waals surface area contributed by atoms with Crippen LogP contribution in [0, 0.1) is 0 Å². The van der Waals surface area contributed by atoms with Gasteiger partial charge in [-0.25, -0.2) is 0 Å². The summed E-state index contributed by atoms with van der Waals surface area (Å²) in [6.45, 7) is 0.236. The van der Waals surface area contributed by atoms with Gasteiger partial charge in [0.15, 0.2) is 5.69 Å². The molecule has 0 spiro atoms. The molecule has 0 aliphatic carbocycles. The maximum atomic E-state index is 12.2. The molecule has 7 heteroatoms. The Balaban J connectivity index is 1.60. The number of nitrogens with one attached hydrogen (secondary N) is 3. The van der Waals surface area contributed by atoms with Crippen LogP contribution in [0.25, 0.3) is 6.08 Å². The summed E-state index contributed by atoms with van der Waals surface area (Å²) >= 11 is 0. The van der Waals surface area contributed by atoms with Crippen LogP contribution in [0.3, 0.4) is 0 Å². The van der Waals surface area contributed by atoms with E-state index in [1.54, 1.807) is 18.2 Å². The first-order valence-electron chi connectivity index (χ1n) is 7.61. The molecule has 0 saturated carbocycles. The van der Waals surface area contributed by atoms with Crippen molar-refractivity contribution in [2.24, 2.45) is 0 Å². The number of hydrogen-bond donors (Lipinski definition) is 3. The predicted molar refractivity (Wildman–Crippen MR) is 92.6 cm³/mol. The molecule has 2 heterocycles. The van der Waals surface area contributed by atoms with Gasteiger partial charge >= 0.3 is 0 Å². The molecule has 1 aromatic carbocycles. The van der Waals surface area contributed by atoms with E-state index in [2.05, 4.69) is 20.8 Å². The van der Waals surface area contributed by atoms with Crippen LogP contribution in [0.15, 0.2) is 65.4 Å². The van der Waals surface area contributed by atoms with E-state index in [-0.39, 0.29) is 18.1 Å². The van der Waals surface area contributed by atoms with Crippen LogP contribution in [0.5, 0.6) is 0 Å². The van der Waals surface area contributed by atoms with Crippen LogP contribution in [0.2, 0.25) is 0 Å². The second-order valence-electron chi connectivity index (χ2n) is 5.14. The van der Waals surface area contributed by atoms with Gasteiger partial charge in [0.2, 0.25) is 5.91 Å². The van der Waals surface area contributed by atoms with Crippen molar-refractivity contribution in [3.05, 3.63) is 78.0 Å². The summed E-state index contributed by atoms with van der Waals surface area (Å²) in [5.74, 6) is -0.148. The molecular formula is C18H16N4O3. The molecule has 126 valence electrons. The molecule has 2 aromatic heterocycles. The lowest BCUT2D eigenvalue weighted by molar-refractivity contribution is -0.111. The Kier molecular flexibility index (Phi) is 5.06. The van der Waals surface area contributed by atoms with Crippen molar-refractivity contribution in [3.8, 4) is 0 Å². The second-order valence-corrected chi connectivity index (χ2v) is 5.14. The minimum absolute atomic E-state index is 0.105. The van der Waals surface area contributed by atoms with Gasteiger partial charge < -0.3 is 15.1 Å². The third kappa shape index (κ3) is 4.44. The number of H-pyrrole nitrogens is 1. The molecule has 0 fully saturated rings. The SMILES string of the molecule is O=C(/C=C/c1ccccc1)Nc1c[nH]nc1C(=O)NCc1ccco1. The summed E-state index contributed by atoms with van der Waals surface area (Å²) in [5.41, 5.74) is 1.31. The summed E-state index contributed by atoms with van der Waals surface area (Å²) in [6, 6.07) is 12.9. The van der Waals surface area contributed by atoms with Crippen LogP contribution in [0.4, 0.5) is 5.69 Å². The van der Waals surface area contributed by atoms with Crippen LogP contribution in [-0.2, 0) is 11.3 Å². The first kappa shape index (κ1) is 16.3. The molecular weight excluding hydrogens is 320 g/mol. The number of aromatic nitrogens is 2. The molecule has 3 rings (SSSR count). The number of carbonyl (C=O) groups excluding carboxylic acids is 2. The Morgan fingerprint density at radius 1 is 1.16 bits per heavy atom. The highest BCUT2D eigenvalue weighted by Crippen LogP contribution is 2.12. The normalized spacial score (nSPS) is 10.7. The lowest BCUT2D eigenvalue weighted by Crippen LogP contribution is -2.24. The Labute approximate surface area is 143 Å². The van der Waals surface area contributed by atoms with Crippen LogP contribution < -0.4 is 10.6 Å². The van der Waals surface area contributed by atoms with E-state index in [1.807, 2.05) is 30.3 Å². The molecule has 2 amide bonds.